The third-order valence-corrected chi connectivity index (χ3v) is 6.45. The molecule has 2 aliphatic rings. The summed E-state index contributed by atoms with van der Waals surface area (Å²) in [6.07, 6.45) is 2.29. The SMILES string of the molecule is COc1ccc(-c2c(-c3ccc4c(c3)CN(C3CCC(=O)NC3=O)C4=O)ncn2C)cc1Cl. The fourth-order valence-corrected chi connectivity index (χ4v) is 4.77. The van der Waals surface area contributed by atoms with E-state index in [-0.39, 0.29) is 18.2 Å². The van der Waals surface area contributed by atoms with E-state index in [1.807, 2.05) is 41.9 Å². The molecule has 0 bridgehead atoms. The highest BCUT2D eigenvalue weighted by atomic mass is 35.5. The molecule has 168 valence electrons. The number of piperidine rings is 1. The lowest BCUT2D eigenvalue weighted by Gasteiger charge is -2.29. The van der Waals surface area contributed by atoms with Gasteiger partial charge in [-0.05, 0) is 42.3 Å². The van der Waals surface area contributed by atoms with Crippen LogP contribution in [0.15, 0.2) is 42.7 Å². The van der Waals surface area contributed by atoms with Crippen molar-refractivity contribution in [2.45, 2.75) is 25.4 Å². The number of amides is 3. The van der Waals surface area contributed by atoms with Crippen molar-refractivity contribution in [3.8, 4) is 28.3 Å². The summed E-state index contributed by atoms with van der Waals surface area (Å²) in [6, 6.07) is 10.5. The lowest BCUT2D eigenvalue weighted by atomic mass is 10.0. The molecular formula is C24H21ClN4O4. The van der Waals surface area contributed by atoms with Crippen molar-refractivity contribution in [2.75, 3.05) is 7.11 Å². The van der Waals surface area contributed by atoms with E-state index in [1.54, 1.807) is 24.4 Å². The van der Waals surface area contributed by atoms with Crippen LogP contribution in [-0.4, -0.2) is 45.3 Å². The number of rotatable bonds is 4. The van der Waals surface area contributed by atoms with Crippen molar-refractivity contribution in [3.05, 3.63) is 58.9 Å². The topological polar surface area (TPSA) is 93.5 Å². The van der Waals surface area contributed by atoms with Crippen LogP contribution in [0.1, 0.15) is 28.8 Å². The summed E-state index contributed by atoms with van der Waals surface area (Å²) in [5.74, 6) is -0.331. The summed E-state index contributed by atoms with van der Waals surface area (Å²) >= 11 is 6.35. The van der Waals surface area contributed by atoms with Crippen molar-refractivity contribution >= 4 is 29.3 Å². The van der Waals surface area contributed by atoms with Crippen molar-refractivity contribution in [1.82, 2.24) is 19.8 Å². The predicted molar refractivity (Wildman–Crippen MR) is 122 cm³/mol. The zero-order valence-electron chi connectivity index (χ0n) is 18.1. The fraction of sp³-hybridized carbons (Fsp3) is 0.250. The van der Waals surface area contributed by atoms with E-state index in [2.05, 4.69) is 10.3 Å². The molecule has 3 amide bonds. The molecule has 1 aromatic heterocycles. The Kier molecular flexibility index (Phi) is 5.17. The maximum absolute atomic E-state index is 13.0. The minimum absolute atomic E-state index is 0.200. The van der Waals surface area contributed by atoms with Gasteiger partial charge in [-0.25, -0.2) is 4.98 Å². The Morgan fingerprint density at radius 3 is 2.64 bits per heavy atom. The van der Waals surface area contributed by atoms with Crippen LogP contribution < -0.4 is 10.1 Å². The predicted octanol–water partition coefficient (Wildman–Crippen LogP) is 3.18. The third kappa shape index (κ3) is 3.56. The molecular weight excluding hydrogens is 444 g/mol. The molecule has 33 heavy (non-hydrogen) atoms. The van der Waals surface area contributed by atoms with Gasteiger partial charge in [0.15, 0.2) is 0 Å². The second-order valence-corrected chi connectivity index (χ2v) is 8.58. The quantitative estimate of drug-likeness (QED) is 0.598. The number of fused-ring (bicyclic) bond motifs is 1. The molecule has 0 aliphatic carbocycles. The number of aryl methyl sites for hydroxylation is 1. The zero-order chi connectivity index (χ0) is 23.3. The van der Waals surface area contributed by atoms with Gasteiger partial charge in [-0.2, -0.15) is 0 Å². The zero-order valence-corrected chi connectivity index (χ0v) is 18.8. The maximum Gasteiger partial charge on any atom is 0.255 e. The molecule has 2 aliphatic heterocycles. The number of methoxy groups -OCH3 is 1. The Morgan fingerprint density at radius 2 is 1.91 bits per heavy atom. The number of carbonyl (C=O) groups is 3. The minimum atomic E-state index is -0.641. The molecule has 5 rings (SSSR count). The summed E-state index contributed by atoms with van der Waals surface area (Å²) in [5, 5.41) is 2.83. The molecule has 3 heterocycles. The number of aromatic nitrogens is 2. The Bertz CT molecular complexity index is 1320. The van der Waals surface area contributed by atoms with Crippen LogP contribution in [-0.2, 0) is 23.2 Å². The first-order valence-corrected chi connectivity index (χ1v) is 10.9. The number of ether oxygens (including phenoxy) is 1. The molecule has 2 aromatic carbocycles. The van der Waals surface area contributed by atoms with Crippen molar-refractivity contribution in [3.63, 3.8) is 0 Å². The Hall–Kier alpha value is -3.65. The average molecular weight is 465 g/mol. The summed E-state index contributed by atoms with van der Waals surface area (Å²) in [4.78, 5) is 42.9. The van der Waals surface area contributed by atoms with Crippen molar-refractivity contribution < 1.29 is 19.1 Å². The van der Waals surface area contributed by atoms with Gasteiger partial charge in [-0.3, -0.25) is 19.7 Å². The highest BCUT2D eigenvalue weighted by molar-refractivity contribution is 6.32. The molecule has 3 aromatic rings. The van der Waals surface area contributed by atoms with E-state index in [0.717, 1.165) is 28.1 Å². The highest BCUT2D eigenvalue weighted by Gasteiger charge is 2.39. The van der Waals surface area contributed by atoms with Gasteiger partial charge in [-0.15, -0.1) is 0 Å². The molecule has 1 fully saturated rings. The van der Waals surface area contributed by atoms with Gasteiger partial charge in [0.25, 0.3) is 5.91 Å². The van der Waals surface area contributed by atoms with Crippen LogP contribution in [0.4, 0.5) is 0 Å². The van der Waals surface area contributed by atoms with Crippen molar-refractivity contribution in [1.29, 1.82) is 0 Å². The first-order chi connectivity index (χ1) is 15.9. The molecule has 0 spiro atoms. The number of halogens is 1. The maximum atomic E-state index is 13.0. The first-order valence-electron chi connectivity index (χ1n) is 10.5. The molecule has 9 heteroatoms. The summed E-state index contributed by atoms with van der Waals surface area (Å²) in [5.41, 5.74) is 4.77. The highest BCUT2D eigenvalue weighted by Crippen LogP contribution is 2.37. The third-order valence-electron chi connectivity index (χ3n) is 6.16. The molecule has 1 saturated heterocycles. The largest absolute Gasteiger partial charge is 0.495 e. The van der Waals surface area contributed by atoms with Gasteiger partial charge in [0, 0.05) is 36.7 Å². The monoisotopic (exact) mass is 464 g/mol. The second-order valence-electron chi connectivity index (χ2n) is 8.17. The number of nitrogens with zero attached hydrogens (tertiary/aromatic N) is 3. The van der Waals surface area contributed by atoms with Crippen LogP contribution >= 0.6 is 11.6 Å². The summed E-state index contributed by atoms with van der Waals surface area (Å²) in [6.45, 7) is 0.310. The lowest BCUT2D eigenvalue weighted by Crippen LogP contribution is -2.52. The van der Waals surface area contributed by atoms with Crippen LogP contribution in [0.5, 0.6) is 5.75 Å². The van der Waals surface area contributed by atoms with Crippen LogP contribution in [0.2, 0.25) is 5.02 Å². The van der Waals surface area contributed by atoms with E-state index in [9.17, 15) is 14.4 Å². The van der Waals surface area contributed by atoms with Gasteiger partial charge < -0.3 is 14.2 Å². The number of imide groups is 1. The number of benzene rings is 2. The number of nitrogens with one attached hydrogen (secondary N) is 1. The molecule has 1 unspecified atom stereocenters. The van der Waals surface area contributed by atoms with E-state index in [0.29, 0.717) is 29.3 Å². The van der Waals surface area contributed by atoms with E-state index in [1.165, 1.54) is 0 Å². The number of imidazole rings is 1. The van der Waals surface area contributed by atoms with E-state index in [4.69, 9.17) is 16.3 Å². The standard InChI is InChI=1S/C24H21ClN4O4/c1-28-12-26-21(22(28)14-4-7-19(33-2)17(25)10-14)13-3-5-16-15(9-13)11-29(24(16)32)18-6-8-20(30)27-23(18)31/h3-5,7,9-10,12,18H,6,8,11H2,1-2H3,(H,27,30,31). The Morgan fingerprint density at radius 1 is 1.12 bits per heavy atom. The normalized spacial score (nSPS) is 17.8. The molecule has 1 atom stereocenters. The Labute approximate surface area is 195 Å². The number of hydrogen-bond donors (Lipinski definition) is 1. The van der Waals surface area contributed by atoms with Crippen LogP contribution in [0, 0.1) is 0 Å². The first kappa shape index (κ1) is 21.2. The van der Waals surface area contributed by atoms with E-state index < -0.39 is 11.9 Å². The van der Waals surface area contributed by atoms with Gasteiger partial charge >= 0.3 is 0 Å². The molecule has 1 N–H and O–H groups in total. The fourth-order valence-electron chi connectivity index (χ4n) is 4.52. The molecule has 0 saturated carbocycles. The number of carbonyl (C=O) groups excluding carboxylic acids is 3. The lowest BCUT2D eigenvalue weighted by molar-refractivity contribution is -0.136. The summed E-state index contributed by atoms with van der Waals surface area (Å²) < 4.78 is 7.18. The van der Waals surface area contributed by atoms with Gasteiger partial charge in [0.2, 0.25) is 11.8 Å². The van der Waals surface area contributed by atoms with Gasteiger partial charge in [0.05, 0.1) is 29.8 Å². The second kappa shape index (κ2) is 8.04. The van der Waals surface area contributed by atoms with Crippen LogP contribution in [0.25, 0.3) is 22.5 Å². The molecule has 8 nitrogen and oxygen atoms in total. The Balaban J connectivity index is 1.49. The van der Waals surface area contributed by atoms with E-state index >= 15 is 0 Å². The smallest absolute Gasteiger partial charge is 0.255 e. The molecule has 0 radical (unpaired) electrons. The van der Waals surface area contributed by atoms with Crippen LogP contribution in [0.3, 0.4) is 0 Å². The summed E-state index contributed by atoms with van der Waals surface area (Å²) in [7, 11) is 3.48. The average Bonchev–Trinajstić information content (AvgIpc) is 3.33. The van der Waals surface area contributed by atoms with Gasteiger partial charge in [-0.1, -0.05) is 17.7 Å². The minimum Gasteiger partial charge on any atom is -0.495 e. The van der Waals surface area contributed by atoms with Crippen molar-refractivity contribution in [2.24, 2.45) is 7.05 Å². The number of hydrogen-bond acceptors (Lipinski definition) is 5. The van der Waals surface area contributed by atoms with Gasteiger partial charge in [0.1, 0.15) is 11.8 Å².